The van der Waals surface area contributed by atoms with Crippen LogP contribution in [-0.2, 0) is 28.9 Å². The molecule has 3 aromatic rings. The molecule has 0 aromatic heterocycles. The molecule has 0 saturated carbocycles. The number of rotatable bonds is 16. The lowest BCUT2D eigenvalue weighted by molar-refractivity contribution is -0.137. The Morgan fingerprint density at radius 3 is 2.33 bits per heavy atom. The summed E-state index contributed by atoms with van der Waals surface area (Å²) < 4.78 is 11.4. The van der Waals surface area contributed by atoms with E-state index in [1.54, 1.807) is 25.7 Å². The number of nitrogens with zero attached hydrogens (tertiary/aromatic N) is 1. The Labute approximate surface area is 285 Å². The molecular weight excluding hydrogens is 606 g/mol. The van der Waals surface area contributed by atoms with E-state index >= 15 is 0 Å². The van der Waals surface area contributed by atoms with Gasteiger partial charge in [-0.3, -0.25) is 4.79 Å². The van der Waals surface area contributed by atoms with E-state index in [1.807, 2.05) is 78.9 Å². The fourth-order valence-electron chi connectivity index (χ4n) is 6.02. The van der Waals surface area contributed by atoms with Gasteiger partial charge < -0.3 is 35.2 Å². The van der Waals surface area contributed by atoms with Crippen LogP contribution < -0.4 is 15.4 Å². The van der Waals surface area contributed by atoms with Gasteiger partial charge in [-0.1, -0.05) is 80.6 Å². The third-order valence-corrected chi connectivity index (χ3v) is 8.32. The van der Waals surface area contributed by atoms with Crippen LogP contribution in [0.25, 0.3) is 0 Å². The first-order chi connectivity index (χ1) is 22.9. The maximum atomic E-state index is 14.1. The summed E-state index contributed by atoms with van der Waals surface area (Å²) in [5, 5.41) is 28.8. The highest BCUT2D eigenvalue weighted by Gasteiger charge is 2.38. The number of carbonyl (C=O) groups is 2. The van der Waals surface area contributed by atoms with Crippen molar-refractivity contribution >= 4 is 12.0 Å². The molecule has 4 atom stereocenters. The zero-order chi connectivity index (χ0) is 34.7. The van der Waals surface area contributed by atoms with Gasteiger partial charge in [0.2, 0.25) is 5.91 Å². The molecule has 9 heteroatoms. The zero-order valence-electron chi connectivity index (χ0n) is 29.0. The summed E-state index contributed by atoms with van der Waals surface area (Å²) in [6.45, 7) is 12.2. The standard InChI is InChI=1S/C39H53N3O6/c1-27(2)25-40-21-22-47-31-17-15-29(16-18-31)26-42(37-32-14-10-9-13-30(32)24-35(37)44)36(45)20-19-34(43)33(23-28-11-7-6-8-12-28)41-38(46)48-39(3,4)5/h6-18,27,33-35,37,40,43-44H,19-26H2,1-5H3,(H,41,46)/t33-,34-,35+,37-/m0/s1. The second-order valence-electron chi connectivity index (χ2n) is 14.1. The van der Waals surface area contributed by atoms with Gasteiger partial charge in [0.15, 0.2) is 0 Å². The molecule has 0 heterocycles. The average Bonchev–Trinajstić information content (AvgIpc) is 3.37. The van der Waals surface area contributed by atoms with Crippen LogP contribution >= 0.6 is 0 Å². The zero-order valence-corrected chi connectivity index (χ0v) is 29.0. The number of ether oxygens (including phenoxy) is 2. The van der Waals surface area contributed by atoms with Crippen LogP contribution in [0.15, 0.2) is 78.9 Å². The molecule has 3 aromatic carbocycles. The number of nitrogens with one attached hydrogen (secondary N) is 2. The highest BCUT2D eigenvalue weighted by molar-refractivity contribution is 5.77. The van der Waals surface area contributed by atoms with E-state index in [0.29, 0.717) is 25.4 Å². The van der Waals surface area contributed by atoms with Crippen molar-refractivity contribution in [2.24, 2.45) is 5.92 Å². The lowest BCUT2D eigenvalue weighted by Gasteiger charge is -2.33. The number of benzene rings is 3. The molecule has 0 radical (unpaired) electrons. The van der Waals surface area contributed by atoms with Crippen LogP contribution in [0.1, 0.15) is 75.8 Å². The summed E-state index contributed by atoms with van der Waals surface area (Å²) >= 11 is 0. The molecule has 0 saturated heterocycles. The molecule has 2 amide bonds. The minimum Gasteiger partial charge on any atom is -0.492 e. The van der Waals surface area contributed by atoms with Gasteiger partial charge in [-0.2, -0.15) is 0 Å². The molecule has 0 unspecified atom stereocenters. The molecule has 0 spiro atoms. The lowest BCUT2D eigenvalue weighted by Crippen LogP contribution is -2.47. The molecule has 4 rings (SSSR count). The van der Waals surface area contributed by atoms with Crippen molar-refractivity contribution in [1.82, 2.24) is 15.5 Å². The number of alkyl carbamates (subject to hydrolysis) is 1. The van der Waals surface area contributed by atoms with Gasteiger partial charge in [-0.15, -0.1) is 0 Å². The van der Waals surface area contributed by atoms with E-state index in [-0.39, 0.29) is 25.3 Å². The van der Waals surface area contributed by atoms with Crippen molar-refractivity contribution in [2.75, 3.05) is 19.7 Å². The lowest BCUT2D eigenvalue weighted by atomic mass is 9.97. The van der Waals surface area contributed by atoms with Crippen molar-refractivity contribution in [2.45, 2.75) is 96.7 Å². The first kappa shape index (κ1) is 36.9. The Kier molecular flexibility index (Phi) is 13.4. The summed E-state index contributed by atoms with van der Waals surface area (Å²) in [6.07, 6.45) is -1.42. The first-order valence-corrected chi connectivity index (χ1v) is 17.1. The molecular formula is C39H53N3O6. The molecule has 0 aliphatic heterocycles. The monoisotopic (exact) mass is 659 g/mol. The molecule has 4 N–H and O–H groups in total. The fraction of sp³-hybridized carbons (Fsp3) is 0.487. The van der Waals surface area contributed by atoms with Crippen LogP contribution in [0, 0.1) is 5.92 Å². The quantitative estimate of drug-likeness (QED) is 0.148. The van der Waals surface area contributed by atoms with Crippen molar-refractivity contribution < 1.29 is 29.3 Å². The fourth-order valence-corrected chi connectivity index (χ4v) is 6.02. The van der Waals surface area contributed by atoms with Gasteiger partial charge >= 0.3 is 6.09 Å². The van der Waals surface area contributed by atoms with Crippen molar-refractivity contribution in [3.8, 4) is 5.75 Å². The van der Waals surface area contributed by atoms with Crippen LogP contribution in [0.2, 0.25) is 0 Å². The highest BCUT2D eigenvalue weighted by atomic mass is 16.6. The molecule has 48 heavy (non-hydrogen) atoms. The average molecular weight is 660 g/mol. The second-order valence-corrected chi connectivity index (χ2v) is 14.1. The van der Waals surface area contributed by atoms with Crippen molar-refractivity contribution in [3.63, 3.8) is 0 Å². The van der Waals surface area contributed by atoms with E-state index in [0.717, 1.165) is 41.1 Å². The summed E-state index contributed by atoms with van der Waals surface area (Å²) in [6, 6.07) is 23.9. The van der Waals surface area contributed by atoms with Crippen LogP contribution in [0.5, 0.6) is 5.75 Å². The van der Waals surface area contributed by atoms with Gasteiger partial charge in [0.05, 0.1) is 24.3 Å². The number of carbonyl (C=O) groups excluding carboxylic acids is 2. The predicted octanol–water partition coefficient (Wildman–Crippen LogP) is 5.58. The SMILES string of the molecule is CC(C)CNCCOc1ccc(CN(C(=O)CC[C@H](O)[C@H](Cc2ccccc2)NC(=O)OC(C)(C)C)[C@H]2c3ccccc3C[C@H]2O)cc1. The van der Waals surface area contributed by atoms with E-state index in [2.05, 4.69) is 24.5 Å². The summed E-state index contributed by atoms with van der Waals surface area (Å²) in [4.78, 5) is 28.5. The molecule has 0 bridgehead atoms. The molecule has 260 valence electrons. The summed E-state index contributed by atoms with van der Waals surface area (Å²) in [5.41, 5.74) is 3.10. The number of hydrogen-bond acceptors (Lipinski definition) is 7. The van der Waals surface area contributed by atoms with Gasteiger partial charge in [0.1, 0.15) is 18.0 Å². The van der Waals surface area contributed by atoms with Gasteiger partial charge in [0, 0.05) is 25.9 Å². The Morgan fingerprint density at radius 1 is 0.958 bits per heavy atom. The van der Waals surface area contributed by atoms with E-state index in [9.17, 15) is 19.8 Å². The second kappa shape index (κ2) is 17.5. The van der Waals surface area contributed by atoms with Gasteiger partial charge in [-0.05, 0) is 80.5 Å². The molecule has 1 aliphatic carbocycles. The highest BCUT2D eigenvalue weighted by Crippen LogP contribution is 2.37. The van der Waals surface area contributed by atoms with Gasteiger partial charge in [0.25, 0.3) is 0 Å². The minimum absolute atomic E-state index is 0.0262. The Bertz CT molecular complexity index is 1440. The number of aliphatic hydroxyl groups excluding tert-OH is 2. The number of amides is 2. The van der Waals surface area contributed by atoms with Crippen LogP contribution in [-0.4, -0.2) is 70.7 Å². The topological polar surface area (TPSA) is 120 Å². The smallest absolute Gasteiger partial charge is 0.407 e. The van der Waals surface area contributed by atoms with E-state index in [1.165, 1.54) is 0 Å². The maximum absolute atomic E-state index is 14.1. The Morgan fingerprint density at radius 2 is 1.65 bits per heavy atom. The minimum atomic E-state index is -1.02. The van der Waals surface area contributed by atoms with Crippen LogP contribution in [0.3, 0.4) is 0 Å². The summed E-state index contributed by atoms with van der Waals surface area (Å²) in [5.74, 6) is 1.13. The molecule has 9 nitrogen and oxygen atoms in total. The normalized spacial score (nSPS) is 17.0. The van der Waals surface area contributed by atoms with Crippen LogP contribution in [0.4, 0.5) is 4.79 Å². The summed E-state index contributed by atoms with van der Waals surface area (Å²) in [7, 11) is 0. The third kappa shape index (κ3) is 11.4. The van der Waals surface area contributed by atoms with E-state index in [4.69, 9.17) is 9.47 Å². The largest absolute Gasteiger partial charge is 0.492 e. The molecule has 0 fully saturated rings. The van der Waals surface area contributed by atoms with Crippen molar-refractivity contribution in [1.29, 1.82) is 0 Å². The Hall–Kier alpha value is -3.92. The molecule has 1 aliphatic rings. The van der Waals surface area contributed by atoms with E-state index < -0.39 is 36.0 Å². The predicted molar refractivity (Wildman–Crippen MR) is 188 cm³/mol. The number of fused-ring (bicyclic) bond motifs is 1. The first-order valence-electron chi connectivity index (χ1n) is 17.1. The maximum Gasteiger partial charge on any atom is 0.407 e. The third-order valence-electron chi connectivity index (χ3n) is 8.32. The number of hydrogen-bond donors (Lipinski definition) is 4. The van der Waals surface area contributed by atoms with Gasteiger partial charge in [-0.25, -0.2) is 4.79 Å². The Balaban J connectivity index is 1.47. The number of aliphatic hydroxyl groups is 2. The van der Waals surface area contributed by atoms with Crippen molar-refractivity contribution in [3.05, 3.63) is 101 Å².